The largest absolute Gasteiger partial charge is 0.467 e. The van der Waals surface area contributed by atoms with E-state index in [1.807, 2.05) is 48.5 Å². The lowest BCUT2D eigenvalue weighted by molar-refractivity contribution is 0.517. The van der Waals surface area contributed by atoms with E-state index in [9.17, 15) is 5.26 Å². The Balaban J connectivity index is 1.83. The van der Waals surface area contributed by atoms with E-state index in [1.165, 1.54) is 0 Å². The lowest BCUT2D eigenvalue weighted by atomic mass is 10.0. The van der Waals surface area contributed by atoms with Crippen LogP contribution in [0, 0.1) is 11.3 Å². The first kappa shape index (κ1) is 14.0. The first-order chi connectivity index (χ1) is 11.9. The van der Waals surface area contributed by atoms with Crippen LogP contribution in [0.4, 0.5) is 5.82 Å². The Bertz CT molecular complexity index is 1010. The van der Waals surface area contributed by atoms with Crippen LogP contribution in [0.15, 0.2) is 65.5 Å². The predicted molar refractivity (Wildman–Crippen MR) is 89.2 cm³/mol. The lowest BCUT2D eigenvalue weighted by Gasteiger charge is -2.12. The molecule has 0 atom stereocenters. The molecule has 0 aliphatic carbocycles. The zero-order chi connectivity index (χ0) is 16.4. The van der Waals surface area contributed by atoms with Crippen molar-refractivity contribution in [1.82, 2.24) is 14.6 Å². The number of nitrogens with zero attached hydrogens (tertiary/aromatic N) is 4. The lowest BCUT2D eigenvalue weighted by Crippen LogP contribution is -2.06. The fraction of sp³-hybridized carbons (Fsp3) is 0.0556. The third kappa shape index (κ3) is 2.38. The van der Waals surface area contributed by atoms with Gasteiger partial charge in [-0.2, -0.15) is 5.26 Å². The number of furan rings is 1. The van der Waals surface area contributed by atoms with Gasteiger partial charge in [0, 0.05) is 5.56 Å². The molecule has 116 valence electrons. The second-order valence-electron chi connectivity index (χ2n) is 5.26. The van der Waals surface area contributed by atoms with Gasteiger partial charge in [-0.15, -0.1) is 10.2 Å². The number of nitrogens with one attached hydrogen (secondary N) is 1. The van der Waals surface area contributed by atoms with Crippen LogP contribution in [0.2, 0.25) is 0 Å². The Morgan fingerprint density at radius 2 is 2.04 bits per heavy atom. The highest BCUT2D eigenvalue weighted by molar-refractivity contribution is 5.81. The van der Waals surface area contributed by atoms with Crippen molar-refractivity contribution >= 4 is 11.5 Å². The number of hydrogen-bond acceptors (Lipinski definition) is 5. The molecule has 0 amide bonds. The third-order valence-electron chi connectivity index (χ3n) is 3.79. The minimum atomic E-state index is 0.472. The SMILES string of the molecule is N#Cc1cc(-c2ccccc2)c2nncn2c1NCc1ccco1. The van der Waals surface area contributed by atoms with Crippen LogP contribution >= 0.6 is 0 Å². The molecule has 0 saturated heterocycles. The van der Waals surface area contributed by atoms with Crippen LogP contribution in [0.3, 0.4) is 0 Å². The Labute approximate surface area is 138 Å². The molecular formula is C18H13N5O. The molecule has 0 aliphatic rings. The quantitative estimate of drug-likeness (QED) is 0.624. The van der Waals surface area contributed by atoms with E-state index >= 15 is 0 Å². The molecule has 1 N–H and O–H groups in total. The molecule has 24 heavy (non-hydrogen) atoms. The summed E-state index contributed by atoms with van der Waals surface area (Å²) < 4.78 is 7.12. The van der Waals surface area contributed by atoms with E-state index in [0.29, 0.717) is 23.6 Å². The van der Waals surface area contributed by atoms with Crippen molar-refractivity contribution in [1.29, 1.82) is 5.26 Å². The van der Waals surface area contributed by atoms with Gasteiger partial charge in [0.2, 0.25) is 0 Å². The maximum Gasteiger partial charge on any atom is 0.170 e. The summed E-state index contributed by atoms with van der Waals surface area (Å²) in [5.74, 6) is 1.43. The summed E-state index contributed by atoms with van der Waals surface area (Å²) in [6.45, 7) is 0.472. The number of nitriles is 1. The number of rotatable bonds is 4. The van der Waals surface area contributed by atoms with Crippen molar-refractivity contribution in [3.8, 4) is 17.2 Å². The van der Waals surface area contributed by atoms with E-state index < -0.39 is 0 Å². The van der Waals surface area contributed by atoms with Crippen molar-refractivity contribution in [2.75, 3.05) is 5.32 Å². The summed E-state index contributed by atoms with van der Waals surface area (Å²) >= 11 is 0. The van der Waals surface area contributed by atoms with Crippen LogP contribution < -0.4 is 5.32 Å². The molecule has 6 nitrogen and oxygen atoms in total. The number of aromatic nitrogens is 3. The molecule has 1 aromatic carbocycles. The summed E-state index contributed by atoms with van der Waals surface area (Å²) in [6.07, 6.45) is 3.22. The van der Waals surface area contributed by atoms with Crippen LogP contribution in [-0.2, 0) is 6.54 Å². The molecule has 0 aliphatic heterocycles. The van der Waals surface area contributed by atoms with Crippen molar-refractivity contribution in [3.05, 3.63) is 72.4 Å². The highest BCUT2D eigenvalue weighted by Gasteiger charge is 2.15. The molecule has 4 aromatic rings. The molecule has 0 radical (unpaired) electrons. The van der Waals surface area contributed by atoms with Gasteiger partial charge in [-0.05, 0) is 23.8 Å². The number of fused-ring (bicyclic) bond motifs is 1. The Kier molecular flexibility index (Phi) is 3.45. The maximum absolute atomic E-state index is 9.58. The average molecular weight is 315 g/mol. The summed E-state index contributed by atoms with van der Waals surface area (Å²) in [7, 11) is 0. The number of pyridine rings is 1. The monoisotopic (exact) mass is 315 g/mol. The smallest absolute Gasteiger partial charge is 0.170 e. The first-order valence-electron chi connectivity index (χ1n) is 7.45. The van der Waals surface area contributed by atoms with Gasteiger partial charge in [-0.3, -0.25) is 4.40 Å². The normalized spacial score (nSPS) is 10.6. The minimum Gasteiger partial charge on any atom is -0.467 e. The van der Waals surface area contributed by atoms with E-state index in [2.05, 4.69) is 21.6 Å². The minimum absolute atomic E-state index is 0.472. The van der Waals surface area contributed by atoms with Gasteiger partial charge in [-0.25, -0.2) is 0 Å². The highest BCUT2D eigenvalue weighted by Crippen LogP contribution is 2.29. The van der Waals surface area contributed by atoms with Crippen LogP contribution in [-0.4, -0.2) is 14.6 Å². The predicted octanol–water partition coefficient (Wildman–Crippen LogP) is 3.47. The zero-order valence-corrected chi connectivity index (χ0v) is 12.7. The maximum atomic E-state index is 9.58. The standard InChI is InChI=1S/C18H13N5O/c19-10-14-9-16(13-5-2-1-3-6-13)18-22-21-12-23(18)17(14)20-11-15-7-4-8-24-15/h1-9,12,20H,11H2. The van der Waals surface area contributed by atoms with E-state index in [-0.39, 0.29) is 0 Å². The van der Waals surface area contributed by atoms with Crippen molar-refractivity contribution in [3.63, 3.8) is 0 Å². The van der Waals surface area contributed by atoms with Crippen LogP contribution in [0.5, 0.6) is 0 Å². The van der Waals surface area contributed by atoms with Crippen LogP contribution in [0.1, 0.15) is 11.3 Å². The Hall–Kier alpha value is -3.59. The molecule has 3 heterocycles. The van der Waals surface area contributed by atoms with E-state index in [1.54, 1.807) is 17.0 Å². The number of anilines is 1. The second-order valence-corrected chi connectivity index (χ2v) is 5.26. The van der Waals surface area contributed by atoms with Crippen molar-refractivity contribution in [2.24, 2.45) is 0 Å². The van der Waals surface area contributed by atoms with Gasteiger partial charge in [0.15, 0.2) is 5.65 Å². The second kappa shape index (κ2) is 5.89. The topological polar surface area (TPSA) is 79.2 Å². The molecule has 0 fully saturated rings. The van der Waals surface area contributed by atoms with Gasteiger partial charge in [0.25, 0.3) is 0 Å². The molecule has 4 rings (SSSR count). The summed E-state index contributed by atoms with van der Waals surface area (Å²) in [4.78, 5) is 0. The van der Waals surface area contributed by atoms with Gasteiger partial charge >= 0.3 is 0 Å². The van der Waals surface area contributed by atoms with Crippen molar-refractivity contribution < 1.29 is 4.42 Å². The van der Waals surface area contributed by atoms with E-state index in [0.717, 1.165) is 16.9 Å². The zero-order valence-electron chi connectivity index (χ0n) is 12.7. The summed E-state index contributed by atoms with van der Waals surface area (Å²) in [6, 6.07) is 17.6. The molecular weight excluding hydrogens is 302 g/mol. The average Bonchev–Trinajstić information content (AvgIpc) is 3.31. The fourth-order valence-electron chi connectivity index (χ4n) is 2.67. The Morgan fingerprint density at radius 1 is 1.17 bits per heavy atom. The summed E-state index contributed by atoms with van der Waals surface area (Å²) in [5.41, 5.74) is 3.08. The molecule has 6 heteroatoms. The molecule has 3 aromatic heterocycles. The van der Waals surface area contributed by atoms with Gasteiger partial charge in [0.1, 0.15) is 24.0 Å². The molecule has 0 spiro atoms. The van der Waals surface area contributed by atoms with Gasteiger partial charge in [-0.1, -0.05) is 30.3 Å². The molecule has 0 saturated carbocycles. The Morgan fingerprint density at radius 3 is 2.79 bits per heavy atom. The number of benzene rings is 1. The molecule has 0 bridgehead atoms. The highest BCUT2D eigenvalue weighted by atomic mass is 16.3. The number of hydrogen-bond donors (Lipinski definition) is 1. The third-order valence-corrected chi connectivity index (χ3v) is 3.79. The van der Waals surface area contributed by atoms with Gasteiger partial charge in [0.05, 0.1) is 18.4 Å². The van der Waals surface area contributed by atoms with Gasteiger partial charge < -0.3 is 9.73 Å². The van der Waals surface area contributed by atoms with Crippen molar-refractivity contribution in [2.45, 2.75) is 6.54 Å². The first-order valence-corrected chi connectivity index (χ1v) is 7.45. The van der Waals surface area contributed by atoms with Crippen LogP contribution in [0.25, 0.3) is 16.8 Å². The summed E-state index contributed by atoms with van der Waals surface area (Å²) in [5, 5.41) is 21.0. The molecule has 0 unspecified atom stereocenters. The fourth-order valence-corrected chi connectivity index (χ4v) is 2.67. The van der Waals surface area contributed by atoms with E-state index in [4.69, 9.17) is 4.42 Å².